The zero-order chi connectivity index (χ0) is 14.5. The quantitative estimate of drug-likeness (QED) is 0.467. The smallest absolute Gasteiger partial charge is 0.269 e. The van der Waals surface area contributed by atoms with Gasteiger partial charge in [-0.2, -0.15) is 0 Å². The third-order valence-electron chi connectivity index (χ3n) is 3.54. The van der Waals surface area contributed by atoms with Crippen molar-refractivity contribution < 1.29 is 9.66 Å². The van der Waals surface area contributed by atoms with E-state index in [1.165, 1.54) is 0 Å². The first kappa shape index (κ1) is 15.3. The maximum atomic E-state index is 10.9. The maximum Gasteiger partial charge on any atom is 0.269 e. The SMILES string of the molecule is CCOC1CCCN(c2ccc([N+](=O)[O-])cc2CBr)C1. The number of benzene rings is 1. The largest absolute Gasteiger partial charge is 0.377 e. The molecular weight excluding hydrogens is 324 g/mol. The molecule has 0 aliphatic carbocycles. The zero-order valence-corrected chi connectivity index (χ0v) is 13.1. The molecule has 0 N–H and O–H groups in total. The number of non-ortho nitro benzene ring substituents is 1. The number of anilines is 1. The van der Waals surface area contributed by atoms with Gasteiger partial charge in [-0.05, 0) is 31.4 Å². The van der Waals surface area contributed by atoms with E-state index in [2.05, 4.69) is 20.8 Å². The van der Waals surface area contributed by atoms with Gasteiger partial charge in [-0.15, -0.1) is 0 Å². The van der Waals surface area contributed by atoms with Gasteiger partial charge >= 0.3 is 0 Å². The summed E-state index contributed by atoms with van der Waals surface area (Å²) >= 11 is 3.42. The highest BCUT2D eigenvalue weighted by atomic mass is 79.9. The molecule has 0 amide bonds. The van der Waals surface area contributed by atoms with E-state index >= 15 is 0 Å². The molecule has 1 heterocycles. The predicted octanol–water partition coefficient (Wildman–Crippen LogP) is 3.50. The van der Waals surface area contributed by atoms with Crippen LogP contribution in [0.4, 0.5) is 11.4 Å². The molecule has 0 spiro atoms. The first-order valence-electron chi connectivity index (χ1n) is 6.85. The van der Waals surface area contributed by atoms with Gasteiger partial charge in [0, 0.05) is 42.8 Å². The standard InChI is InChI=1S/C14H19BrN2O3/c1-2-20-13-4-3-7-16(10-13)14-6-5-12(17(18)19)8-11(14)9-15/h5-6,8,13H,2-4,7,9-10H2,1H3. The summed E-state index contributed by atoms with van der Waals surface area (Å²) in [5.74, 6) is 0. The van der Waals surface area contributed by atoms with Crippen LogP contribution in [0.2, 0.25) is 0 Å². The van der Waals surface area contributed by atoms with Crippen LogP contribution in [0.3, 0.4) is 0 Å². The molecule has 1 unspecified atom stereocenters. The molecule has 1 saturated heterocycles. The number of nitrogens with zero attached hydrogens (tertiary/aromatic N) is 2. The molecule has 0 bridgehead atoms. The summed E-state index contributed by atoms with van der Waals surface area (Å²) in [6, 6.07) is 5.07. The van der Waals surface area contributed by atoms with Crippen molar-refractivity contribution in [1.82, 2.24) is 0 Å². The lowest BCUT2D eigenvalue weighted by Crippen LogP contribution is -2.40. The van der Waals surface area contributed by atoms with Crippen LogP contribution in [-0.4, -0.2) is 30.7 Å². The van der Waals surface area contributed by atoms with Crippen molar-refractivity contribution >= 4 is 27.3 Å². The Morgan fingerprint density at radius 3 is 3.00 bits per heavy atom. The number of nitro benzene ring substituents is 1. The average molecular weight is 343 g/mol. The molecule has 0 aromatic heterocycles. The molecule has 5 nitrogen and oxygen atoms in total. The fourth-order valence-corrected chi connectivity index (χ4v) is 3.08. The van der Waals surface area contributed by atoms with Crippen LogP contribution in [-0.2, 0) is 10.1 Å². The molecule has 1 aliphatic heterocycles. The minimum atomic E-state index is -0.352. The second-order valence-corrected chi connectivity index (χ2v) is 5.43. The molecule has 20 heavy (non-hydrogen) atoms. The average Bonchev–Trinajstić information content (AvgIpc) is 2.47. The van der Waals surface area contributed by atoms with Crippen LogP contribution >= 0.6 is 15.9 Å². The van der Waals surface area contributed by atoms with Gasteiger partial charge in [0.25, 0.3) is 5.69 Å². The Balaban J connectivity index is 2.20. The number of alkyl halides is 1. The van der Waals surface area contributed by atoms with Crippen LogP contribution in [0.25, 0.3) is 0 Å². The summed E-state index contributed by atoms with van der Waals surface area (Å²) in [6.07, 6.45) is 2.43. The summed E-state index contributed by atoms with van der Waals surface area (Å²) in [4.78, 5) is 12.8. The van der Waals surface area contributed by atoms with E-state index < -0.39 is 0 Å². The summed E-state index contributed by atoms with van der Waals surface area (Å²) in [6.45, 7) is 4.56. The van der Waals surface area contributed by atoms with Crippen molar-refractivity contribution in [3.8, 4) is 0 Å². The Kier molecular flexibility index (Phi) is 5.37. The van der Waals surface area contributed by atoms with E-state index in [9.17, 15) is 10.1 Å². The highest BCUT2D eigenvalue weighted by molar-refractivity contribution is 9.08. The lowest BCUT2D eigenvalue weighted by Gasteiger charge is -2.35. The summed E-state index contributed by atoms with van der Waals surface area (Å²) in [5.41, 5.74) is 2.16. The molecule has 6 heteroatoms. The number of hydrogen-bond acceptors (Lipinski definition) is 4. The Hall–Kier alpha value is -1.14. The fourth-order valence-electron chi connectivity index (χ4n) is 2.63. The van der Waals surface area contributed by atoms with E-state index in [4.69, 9.17) is 4.74 Å². The van der Waals surface area contributed by atoms with Gasteiger partial charge in [-0.25, -0.2) is 0 Å². The lowest BCUT2D eigenvalue weighted by atomic mass is 10.1. The van der Waals surface area contributed by atoms with Crippen molar-refractivity contribution in [1.29, 1.82) is 0 Å². The van der Waals surface area contributed by atoms with Crippen molar-refractivity contribution in [2.24, 2.45) is 0 Å². The minimum absolute atomic E-state index is 0.140. The number of nitro groups is 1. The zero-order valence-electron chi connectivity index (χ0n) is 11.5. The third-order valence-corrected chi connectivity index (χ3v) is 4.14. The second-order valence-electron chi connectivity index (χ2n) is 4.87. The molecular formula is C14H19BrN2O3. The first-order chi connectivity index (χ1) is 9.65. The molecule has 1 aromatic rings. The van der Waals surface area contributed by atoms with Gasteiger partial charge < -0.3 is 9.64 Å². The van der Waals surface area contributed by atoms with Gasteiger partial charge in [-0.1, -0.05) is 15.9 Å². The summed E-state index contributed by atoms with van der Waals surface area (Å²) in [7, 11) is 0. The summed E-state index contributed by atoms with van der Waals surface area (Å²) < 4.78 is 5.71. The monoisotopic (exact) mass is 342 g/mol. The van der Waals surface area contributed by atoms with Gasteiger partial charge in [-0.3, -0.25) is 10.1 Å². The first-order valence-corrected chi connectivity index (χ1v) is 7.97. The molecule has 110 valence electrons. The van der Waals surface area contributed by atoms with Crippen molar-refractivity contribution in [2.45, 2.75) is 31.2 Å². The van der Waals surface area contributed by atoms with Gasteiger partial charge in [0.05, 0.1) is 11.0 Å². The molecule has 0 saturated carbocycles. The number of ether oxygens (including phenoxy) is 1. The number of hydrogen-bond donors (Lipinski definition) is 0. The van der Waals surface area contributed by atoms with E-state index in [1.807, 2.05) is 13.0 Å². The highest BCUT2D eigenvalue weighted by Crippen LogP contribution is 2.30. The molecule has 0 radical (unpaired) electrons. The number of halogens is 1. The summed E-state index contributed by atoms with van der Waals surface area (Å²) in [5, 5.41) is 11.5. The Bertz CT molecular complexity index is 479. The van der Waals surface area contributed by atoms with Crippen molar-refractivity contribution in [3.63, 3.8) is 0 Å². The van der Waals surface area contributed by atoms with Crippen LogP contribution in [0.1, 0.15) is 25.3 Å². The maximum absolute atomic E-state index is 10.9. The highest BCUT2D eigenvalue weighted by Gasteiger charge is 2.22. The Morgan fingerprint density at radius 1 is 1.55 bits per heavy atom. The van der Waals surface area contributed by atoms with Gasteiger partial charge in [0.15, 0.2) is 0 Å². The van der Waals surface area contributed by atoms with Gasteiger partial charge in [0.1, 0.15) is 0 Å². The molecule has 1 fully saturated rings. The topological polar surface area (TPSA) is 55.6 Å². The number of rotatable bonds is 5. The molecule has 1 aliphatic rings. The van der Waals surface area contributed by atoms with Crippen LogP contribution in [0, 0.1) is 10.1 Å². The van der Waals surface area contributed by atoms with Crippen LogP contribution in [0.15, 0.2) is 18.2 Å². The Labute approximate surface area is 127 Å². The minimum Gasteiger partial charge on any atom is -0.377 e. The van der Waals surface area contributed by atoms with E-state index in [1.54, 1.807) is 12.1 Å². The Morgan fingerprint density at radius 2 is 2.35 bits per heavy atom. The van der Waals surface area contributed by atoms with Crippen molar-refractivity contribution in [2.75, 3.05) is 24.6 Å². The van der Waals surface area contributed by atoms with E-state index in [-0.39, 0.29) is 16.7 Å². The predicted molar refractivity (Wildman–Crippen MR) is 82.6 cm³/mol. The van der Waals surface area contributed by atoms with Crippen LogP contribution < -0.4 is 4.90 Å². The molecule has 2 rings (SSSR count). The molecule has 1 atom stereocenters. The molecule has 1 aromatic carbocycles. The van der Waals surface area contributed by atoms with Gasteiger partial charge in [0.2, 0.25) is 0 Å². The van der Waals surface area contributed by atoms with Crippen molar-refractivity contribution in [3.05, 3.63) is 33.9 Å². The normalized spacial score (nSPS) is 19.1. The third kappa shape index (κ3) is 3.49. The van der Waals surface area contributed by atoms with E-state index in [0.29, 0.717) is 5.33 Å². The fraction of sp³-hybridized carbons (Fsp3) is 0.571. The lowest BCUT2D eigenvalue weighted by molar-refractivity contribution is -0.384. The van der Waals surface area contributed by atoms with Crippen LogP contribution in [0.5, 0.6) is 0 Å². The van der Waals surface area contributed by atoms with E-state index in [0.717, 1.165) is 43.8 Å². The second kappa shape index (κ2) is 7.04. The number of piperidine rings is 1.